The molecule has 0 bridgehead atoms. The van der Waals surface area contributed by atoms with E-state index >= 15 is 0 Å². The summed E-state index contributed by atoms with van der Waals surface area (Å²) in [7, 11) is 0. The van der Waals surface area contributed by atoms with Crippen LogP contribution in [0.25, 0.3) is 0 Å². The van der Waals surface area contributed by atoms with Crippen LogP contribution < -0.4 is 11.1 Å². The number of hydrogen-bond donors (Lipinski definition) is 2. The molecule has 0 aromatic heterocycles. The molecule has 0 rings (SSSR count). The van der Waals surface area contributed by atoms with Gasteiger partial charge in [0, 0.05) is 12.8 Å². The van der Waals surface area contributed by atoms with Crippen molar-refractivity contribution in [1.29, 1.82) is 0 Å². The van der Waals surface area contributed by atoms with E-state index in [2.05, 4.69) is 12.2 Å². The van der Waals surface area contributed by atoms with E-state index in [-0.39, 0.29) is 18.7 Å². The maximum absolute atomic E-state index is 11.5. The van der Waals surface area contributed by atoms with Crippen LogP contribution in [0.5, 0.6) is 0 Å². The van der Waals surface area contributed by atoms with E-state index in [1.165, 1.54) is 12.8 Å². The smallest absolute Gasteiger partial charge is 0.220 e. The van der Waals surface area contributed by atoms with Gasteiger partial charge in [0.2, 0.25) is 11.8 Å². The van der Waals surface area contributed by atoms with Gasteiger partial charge in [-0.05, 0) is 12.8 Å². The predicted molar refractivity (Wildman–Crippen MR) is 69.8 cm³/mol. The summed E-state index contributed by atoms with van der Waals surface area (Å²) in [6, 6.07) is -0.597. The monoisotopic (exact) mass is 256 g/mol. The minimum Gasteiger partial charge on any atom is -0.370 e. The van der Waals surface area contributed by atoms with Gasteiger partial charge in [-0.1, -0.05) is 32.6 Å². The van der Waals surface area contributed by atoms with Crippen LogP contribution in [0.1, 0.15) is 58.3 Å². The topological polar surface area (TPSA) is 89.3 Å². The lowest BCUT2D eigenvalue weighted by atomic mass is 10.1. The largest absolute Gasteiger partial charge is 0.370 e. The summed E-state index contributed by atoms with van der Waals surface area (Å²) >= 11 is 0. The van der Waals surface area contributed by atoms with E-state index in [4.69, 9.17) is 5.73 Å². The van der Waals surface area contributed by atoms with Crippen LogP contribution in [0.15, 0.2) is 0 Å². The van der Waals surface area contributed by atoms with Crippen LogP contribution in [0.4, 0.5) is 0 Å². The van der Waals surface area contributed by atoms with E-state index < -0.39 is 11.9 Å². The summed E-state index contributed by atoms with van der Waals surface area (Å²) in [5, 5.41) is 2.60. The highest BCUT2D eigenvalue weighted by molar-refractivity contribution is 5.80. The molecule has 0 aromatic carbocycles. The molecule has 0 fully saturated rings. The second-order valence-electron chi connectivity index (χ2n) is 4.48. The van der Waals surface area contributed by atoms with Gasteiger partial charge in [0.25, 0.3) is 0 Å². The highest BCUT2D eigenvalue weighted by Gasteiger charge is 2.11. The number of carbonyl (C=O) groups is 3. The molecule has 0 aliphatic heterocycles. The normalized spacial score (nSPS) is 11.8. The van der Waals surface area contributed by atoms with E-state index in [1.54, 1.807) is 0 Å². The second kappa shape index (κ2) is 10.7. The zero-order valence-corrected chi connectivity index (χ0v) is 11.1. The van der Waals surface area contributed by atoms with Crippen molar-refractivity contribution in [3.63, 3.8) is 0 Å². The fourth-order valence-corrected chi connectivity index (χ4v) is 1.64. The van der Waals surface area contributed by atoms with Crippen molar-refractivity contribution < 1.29 is 14.4 Å². The lowest BCUT2D eigenvalue weighted by molar-refractivity contribution is -0.125. The summed E-state index contributed by atoms with van der Waals surface area (Å²) in [5.74, 6) is -0.594. The summed E-state index contributed by atoms with van der Waals surface area (Å²) in [5.41, 5.74) is 4.99. The number of nitrogens with two attached hydrogens (primary N) is 1. The Morgan fingerprint density at radius 2 is 1.83 bits per heavy atom. The van der Waals surface area contributed by atoms with Crippen molar-refractivity contribution >= 4 is 18.1 Å². The number of rotatable bonds is 11. The number of aldehydes is 1. The van der Waals surface area contributed by atoms with Gasteiger partial charge in [0.1, 0.15) is 6.29 Å². The zero-order chi connectivity index (χ0) is 13.8. The van der Waals surface area contributed by atoms with E-state index in [9.17, 15) is 14.4 Å². The van der Waals surface area contributed by atoms with Crippen LogP contribution in [0.2, 0.25) is 0 Å². The first-order valence-electron chi connectivity index (χ1n) is 6.63. The van der Waals surface area contributed by atoms with Gasteiger partial charge in [0.05, 0.1) is 6.04 Å². The van der Waals surface area contributed by atoms with Crippen LogP contribution in [0.3, 0.4) is 0 Å². The van der Waals surface area contributed by atoms with Gasteiger partial charge < -0.3 is 15.8 Å². The summed E-state index contributed by atoms with van der Waals surface area (Å²) in [4.78, 5) is 32.8. The van der Waals surface area contributed by atoms with Gasteiger partial charge in [0.15, 0.2) is 0 Å². The zero-order valence-electron chi connectivity index (χ0n) is 11.1. The number of primary amides is 1. The molecular formula is C13H24N2O3. The first-order valence-corrected chi connectivity index (χ1v) is 6.63. The summed E-state index contributed by atoms with van der Waals surface area (Å²) in [6.45, 7) is 2.14. The maximum Gasteiger partial charge on any atom is 0.220 e. The van der Waals surface area contributed by atoms with Gasteiger partial charge in [-0.2, -0.15) is 0 Å². The third kappa shape index (κ3) is 9.81. The average Bonchev–Trinajstić information content (AvgIpc) is 2.34. The molecule has 0 radical (unpaired) electrons. The van der Waals surface area contributed by atoms with Crippen molar-refractivity contribution in [2.24, 2.45) is 5.73 Å². The standard InChI is InChI=1S/C13H24N2O3/c1-2-3-4-5-6-7-13(18)15-11(10-16)8-9-12(14)17/h10-11H,2-9H2,1H3,(H2,14,17)(H,15,18)/t11-/m1/s1. The number of nitrogens with one attached hydrogen (secondary N) is 1. The fraction of sp³-hybridized carbons (Fsp3) is 0.769. The highest BCUT2D eigenvalue weighted by Crippen LogP contribution is 2.05. The number of carbonyl (C=O) groups excluding carboxylic acids is 3. The third-order valence-electron chi connectivity index (χ3n) is 2.72. The van der Waals surface area contributed by atoms with Crippen LogP contribution in [-0.2, 0) is 14.4 Å². The maximum atomic E-state index is 11.5. The highest BCUT2D eigenvalue weighted by atomic mass is 16.2. The molecule has 0 aromatic rings. The molecule has 3 N–H and O–H groups in total. The second-order valence-corrected chi connectivity index (χ2v) is 4.48. The van der Waals surface area contributed by atoms with Gasteiger partial charge in [-0.3, -0.25) is 9.59 Å². The van der Waals surface area contributed by atoms with Gasteiger partial charge in [-0.25, -0.2) is 0 Å². The van der Waals surface area contributed by atoms with Gasteiger partial charge >= 0.3 is 0 Å². The molecule has 0 saturated heterocycles. The van der Waals surface area contributed by atoms with E-state index in [0.29, 0.717) is 12.7 Å². The SMILES string of the molecule is CCCCCCCC(=O)N[C@@H](C=O)CCC(N)=O. The van der Waals surface area contributed by atoms with Gasteiger partial charge in [-0.15, -0.1) is 0 Å². The van der Waals surface area contributed by atoms with E-state index in [1.807, 2.05) is 0 Å². The Kier molecular flexibility index (Phi) is 9.91. The van der Waals surface area contributed by atoms with Crippen LogP contribution in [0, 0.1) is 0 Å². The molecule has 0 spiro atoms. The first kappa shape index (κ1) is 16.6. The van der Waals surface area contributed by atoms with Crippen molar-refractivity contribution in [1.82, 2.24) is 5.32 Å². The molecule has 1 atom stereocenters. The van der Waals surface area contributed by atoms with E-state index in [0.717, 1.165) is 19.3 Å². The van der Waals surface area contributed by atoms with Crippen molar-refractivity contribution in [2.45, 2.75) is 64.3 Å². The Hall–Kier alpha value is -1.39. The molecule has 0 aliphatic rings. The molecule has 18 heavy (non-hydrogen) atoms. The van der Waals surface area contributed by atoms with Crippen molar-refractivity contribution in [3.05, 3.63) is 0 Å². The Morgan fingerprint density at radius 3 is 2.39 bits per heavy atom. The Labute approximate surface area is 108 Å². The van der Waals surface area contributed by atoms with Crippen molar-refractivity contribution in [2.75, 3.05) is 0 Å². The number of unbranched alkanes of at least 4 members (excludes halogenated alkanes) is 4. The first-order chi connectivity index (χ1) is 8.60. The molecular weight excluding hydrogens is 232 g/mol. The Morgan fingerprint density at radius 1 is 1.17 bits per heavy atom. The fourth-order valence-electron chi connectivity index (χ4n) is 1.64. The predicted octanol–water partition coefficient (Wildman–Crippen LogP) is 1.30. The number of hydrogen-bond acceptors (Lipinski definition) is 3. The summed E-state index contributed by atoms with van der Waals surface area (Å²) < 4.78 is 0. The summed E-state index contributed by atoms with van der Waals surface area (Å²) in [6.07, 6.45) is 6.86. The number of amides is 2. The average molecular weight is 256 g/mol. The Balaban J connectivity index is 3.69. The molecule has 0 aliphatic carbocycles. The Bertz CT molecular complexity index is 267. The lowest BCUT2D eigenvalue weighted by Crippen LogP contribution is -2.36. The molecule has 0 heterocycles. The molecule has 0 unspecified atom stereocenters. The minimum absolute atomic E-state index is 0.111. The van der Waals surface area contributed by atoms with Crippen molar-refractivity contribution in [3.8, 4) is 0 Å². The molecule has 5 nitrogen and oxygen atoms in total. The van der Waals surface area contributed by atoms with Crippen LogP contribution in [-0.4, -0.2) is 24.1 Å². The quantitative estimate of drug-likeness (QED) is 0.431. The molecule has 2 amide bonds. The lowest BCUT2D eigenvalue weighted by Gasteiger charge is -2.11. The molecule has 5 heteroatoms. The van der Waals surface area contributed by atoms with Crippen LogP contribution >= 0.6 is 0 Å². The molecule has 104 valence electrons. The molecule has 0 saturated carbocycles. The minimum atomic E-state index is -0.597. The third-order valence-corrected chi connectivity index (χ3v) is 2.72.